The van der Waals surface area contributed by atoms with Crippen molar-refractivity contribution in [3.05, 3.63) is 121 Å². The maximum atomic E-state index is 13.2. The highest BCUT2D eigenvalue weighted by Crippen LogP contribution is 2.37. The first-order valence-electron chi connectivity index (χ1n) is 13.4. The van der Waals surface area contributed by atoms with Crippen molar-refractivity contribution in [1.29, 1.82) is 0 Å². The summed E-state index contributed by atoms with van der Waals surface area (Å²) in [5.74, 6) is 0.286. The molecule has 1 fully saturated rings. The van der Waals surface area contributed by atoms with Crippen molar-refractivity contribution < 1.29 is 28.6 Å². The van der Waals surface area contributed by atoms with Crippen LogP contribution in [-0.2, 0) is 22.8 Å². The first-order chi connectivity index (χ1) is 21.2. The Morgan fingerprint density at radius 2 is 1.43 bits per heavy atom. The van der Waals surface area contributed by atoms with Gasteiger partial charge in [-0.1, -0.05) is 52.3 Å². The summed E-state index contributed by atoms with van der Waals surface area (Å²) in [5.41, 5.74) is 2.62. The van der Waals surface area contributed by atoms with Crippen LogP contribution >= 0.6 is 47.8 Å². The Balaban J connectivity index is 1.31. The number of imide groups is 2. The van der Waals surface area contributed by atoms with Crippen LogP contribution in [-0.4, -0.2) is 24.5 Å². The van der Waals surface area contributed by atoms with Gasteiger partial charge in [-0.25, -0.2) is 9.69 Å². The predicted molar refractivity (Wildman–Crippen MR) is 178 cm³/mol. The Morgan fingerprint density at radius 3 is 2.11 bits per heavy atom. The summed E-state index contributed by atoms with van der Waals surface area (Å²) < 4.78 is 19.9. The van der Waals surface area contributed by atoms with Crippen LogP contribution < -0.4 is 24.4 Å². The van der Waals surface area contributed by atoms with Gasteiger partial charge in [0.25, 0.3) is 11.8 Å². The van der Waals surface area contributed by atoms with E-state index in [2.05, 4.69) is 53.1 Å². The Kier molecular flexibility index (Phi) is 10.2. The largest absolute Gasteiger partial charge is 0.490 e. The van der Waals surface area contributed by atoms with Gasteiger partial charge < -0.3 is 14.2 Å². The Morgan fingerprint density at radius 1 is 0.750 bits per heavy atom. The highest BCUT2D eigenvalue weighted by atomic mass is 79.9. The molecular formula is C33H25Br3N2O6. The van der Waals surface area contributed by atoms with Crippen molar-refractivity contribution in [2.24, 2.45) is 0 Å². The van der Waals surface area contributed by atoms with Gasteiger partial charge in [0.15, 0.2) is 11.5 Å². The number of anilines is 1. The molecule has 1 aliphatic rings. The van der Waals surface area contributed by atoms with Gasteiger partial charge in [-0.2, -0.15) is 0 Å². The normalized spacial score (nSPS) is 14.0. The number of amides is 4. The lowest BCUT2D eigenvalue weighted by atomic mass is 10.1. The van der Waals surface area contributed by atoms with E-state index < -0.39 is 17.8 Å². The minimum Gasteiger partial charge on any atom is -0.490 e. The monoisotopic (exact) mass is 782 g/mol. The van der Waals surface area contributed by atoms with Gasteiger partial charge in [-0.05, 0) is 110 Å². The van der Waals surface area contributed by atoms with Crippen LogP contribution in [0.15, 0.2) is 104 Å². The molecule has 0 aliphatic carbocycles. The number of halogens is 3. The zero-order valence-corrected chi connectivity index (χ0v) is 28.1. The van der Waals surface area contributed by atoms with Gasteiger partial charge in [-0.3, -0.25) is 14.9 Å². The average Bonchev–Trinajstić information content (AvgIpc) is 3.00. The summed E-state index contributed by atoms with van der Waals surface area (Å²) in [6.07, 6.45) is 1.43. The number of hydrogen-bond donors (Lipinski definition) is 1. The lowest BCUT2D eigenvalue weighted by molar-refractivity contribution is -0.122. The molecule has 1 heterocycles. The van der Waals surface area contributed by atoms with E-state index in [9.17, 15) is 14.4 Å². The van der Waals surface area contributed by atoms with E-state index in [0.717, 1.165) is 20.5 Å². The number of benzene rings is 4. The van der Waals surface area contributed by atoms with Crippen molar-refractivity contribution >= 4 is 77.4 Å². The van der Waals surface area contributed by atoms with Gasteiger partial charge in [0.2, 0.25) is 0 Å². The molecule has 0 spiro atoms. The van der Waals surface area contributed by atoms with E-state index in [1.54, 1.807) is 36.4 Å². The first-order valence-corrected chi connectivity index (χ1v) is 15.8. The summed E-state index contributed by atoms with van der Waals surface area (Å²) >= 11 is 10.4. The maximum Gasteiger partial charge on any atom is 0.335 e. The molecule has 1 N–H and O–H groups in total. The Labute approximate surface area is 279 Å². The predicted octanol–water partition coefficient (Wildman–Crippen LogP) is 8.20. The minimum atomic E-state index is -0.811. The minimum absolute atomic E-state index is 0.182. The third-order valence-electron chi connectivity index (χ3n) is 6.45. The number of ether oxygens (including phenoxy) is 3. The maximum absolute atomic E-state index is 13.2. The van der Waals surface area contributed by atoms with Gasteiger partial charge in [-0.15, -0.1) is 0 Å². The highest BCUT2D eigenvalue weighted by molar-refractivity contribution is 9.11. The average molecular weight is 785 g/mol. The molecule has 1 saturated heterocycles. The van der Waals surface area contributed by atoms with E-state index in [1.807, 2.05) is 55.5 Å². The molecule has 11 heteroatoms. The molecule has 1 aliphatic heterocycles. The molecular weight excluding hydrogens is 760 g/mol. The van der Waals surface area contributed by atoms with Crippen molar-refractivity contribution in [3.63, 3.8) is 0 Å². The summed E-state index contributed by atoms with van der Waals surface area (Å²) in [5, 5.41) is 2.24. The molecule has 4 amide bonds. The molecule has 0 saturated carbocycles. The fourth-order valence-corrected chi connectivity index (χ4v) is 6.09. The quantitative estimate of drug-likeness (QED) is 0.129. The first kappa shape index (κ1) is 31.5. The van der Waals surface area contributed by atoms with Crippen LogP contribution in [0.25, 0.3) is 6.08 Å². The van der Waals surface area contributed by atoms with E-state index in [4.69, 9.17) is 14.2 Å². The van der Waals surface area contributed by atoms with Crippen molar-refractivity contribution in [3.8, 4) is 17.2 Å². The summed E-state index contributed by atoms with van der Waals surface area (Å²) in [4.78, 5) is 39.3. The number of urea groups is 1. The lowest BCUT2D eigenvalue weighted by Crippen LogP contribution is -2.54. The number of carbonyl (C=O) groups excluding carboxylic acids is 3. The molecule has 0 radical (unpaired) electrons. The second kappa shape index (κ2) is 14.2. The molecule has 8 nitrogen and oxygen atoms in total. The zero-order valence-electron chi connectivity index (χ0n) is 23.3. The summed E-state index contributed by atoms with van der Waals surface area (Å²) in [6, 6.07) is 24.8. The van der Waals surface area contributed by atoms with E-state index >= 15 is 0 Å². The van der Waals surface area contributed by atoms with E-state index in [-0.39, 0.29) is 12.2 Å². The van der Waals surface area contributed by atoms with Crippen LogP contribution in [0.2, 0.25) is 0 Å². The molecule has 0 aromatic heterocycles. The molecule has 224 valence electrons. The third kappa shape index (κ3) is 7.40. The third-order valence-corrected chi connectivity index (χ3v) is 8.15. The van der Waals surface area contributed by atoms with Gasteiger partial charge >= 0.3 is 6.03 Å². The second-order valence-electron chi connectivity index (χ2n) is 9.52. The van der Waals surface area contributed by atoms with Crippen molar-refractivity contribution in [2.45, 2.75) is 20.1 Å². The van der Waals surface area contributed by atoms with Crippen LogP contribution in [0, 0.1) is 0 Å². The van der Waals surface area contributed by atoms with Crippen molar-refractivity contribution in [2.75, 3.05) is 11.5 Å². The second-order valence-corrected chi connectivity index (χ2v) is 12.1. The molecule has 0 unspecified atom stereocenters. The fourth-order valence-electron chi connectivity index (χ4n) is 4.37. The van der Waals surface area contributed by atoms with Gasteiger partial charge in [0.05, 0.1) is 21.2 Å². The van der Waals surface area contributed by atoms with Crippen LogP contribution in [0.4, 0.5) is 10.5 Å². The SMILES string of the molecule is CCOc1cc(COc2c(Br)cc(/C=C3\C(=O)NC(=O)N(c4ccc(Br)cc4)C3=O)cc2Br)ccc1OCc1ccccc1. The zero-order chi connectivity index (χ0) is 31.2. The van der Waals surface area contributed by atoms with Gasteiger partial charge in [0, 0.05) is 4.47 Å². The Bertz CT molecular complexity index is 1720. The summed E-state index contributed by atoms with van der Waals surface area (Å²) in [7, 11) is 0. The number of nitrogens with one attached hydrogen (secondary N) is 1. The topological polar surface area (TPSA) is 94.2 Å². The molecule has 0 atom stereocenters. The van der Waals surface area contributed by atoms with E-state index in [1.165, 1.54) is 6.08 Å². The molecule has 5 rings (SSSR count). The number of carbonyl (C=O) groups is 3. The molecule has 0 bridgehead atoms. The van der Waals surface area contributed by atoms with Crippen LogP contribution in [0.1, 0.15) is 23.6 Å². The van der Waals surface area contributed by atoms with Crippen molar-refractivity contribution in [1.82, 2.24) is 5.32 Å². The van der Waals surface area contributed by atoms with Crippen LogP contribution in [0.3, 0.4) is 0 Å². The smallest absolute Gasteiger partial charge is 0.335 e. The van der Waals surface area contributed by atoms with Crippen LogP contribution in [0.5, 0.6) is 17.2 Å². The number of rotatable bonds is 10. The molecule has 44 heavy (non-hydrogen) atoms. The Hall–Kier alpha value is -3.93. The number of barbiturate groups is 1. The van der Waals surface area contributed by atoms with E-state index in [0.29, 0.717) is 50.7 Å². The standard InChI is InChI=1S/C33H25Br3N2O6/c1-2-42-29-17-21(8-13-28(29)43-18-20-6-4-3-5-7-20)19-44-30-26(35)15-22(16-27(30)36)14-25-31(39)37-33(41)38(32(25)40)24-11-9-23(34)10-12-24/h3-17H,2,18-19H2,1H3,(H,37,39,41)/b25-14+. The number of nitrogens with zero attached hydrogens (tertiary/aromatic N) is 1. The highest BCUT2D eigenvalue weighted by Gasteiger charge is 2.36. The molecule has 4 aromatic carbocycles. The summed E-state index contributed by atoms with van der Waals surface area (Å²) in [6.45, 7) is 3.05. The number of hydrogen-bond acceptors (Lipinski definition) is 6. The van der Waals surface area contributed by atoms with Gasteiger partial charge in [0.1, 0.15) is 24.5 Å². The lowest BCUT2D eigenvalue weighted by Gasteiger charge is -2.26. The molecule has 4 aromatic rings. The fraction of sp³-hybridized carbons (Fsp3) is 0.121.